The van der Waals surface area contributed by atoms with E-state index >= 15 is 0 Å². The molecular formula is C16H11Br2NO. The highest BCUT2D eigenvalue weighted by molar-refractivity contribution is 9.10. The van der Waals surface area contributed by atoms with Crippen molar-refractivity contribution < 1.29 is 4.74 Å². The molecule has 0 aliphatic carbocycles. The number of hydrogen-bond acceptors (Lipinski definition) is 2. The van der Waals surface area contributed by atoms with Crippen LogP contribution in [0.3, 0.4) is 0 Å². The summed E-state index contributed by atoms with van der Waals surface area (Å²) in [5.41, 5.74) is 0.909. The Balaban J connectivity index is 1.94. The van der Waals surface area contributed by atoms with E-state index in [4.69, 9.17) is 4.74 Å². The highest BCUT2D eigenvalue weighted by Crippen LogP contribution is 2.27. The third-order valence-corrected chi connectivity index (χ3v) is 4.32. The average Bonchev–Trinajstić information content (AvgIpc) is 2.43. The van der Waals surface area contributed by atoms with Gasteiger partial charge in [0.25, 0.3) is 0 Å². The fraction of sp³-hybridized carbons (Fsp3) is 0.0625. The second-order valence-electron chi connectivity index (χ2n) is 4.47. The van der Waals surface area contributed by atoms with Gasteiger partial charge in [-0.2, -0.15) is 0 Å². The first-order valence-corrected chi connectivity index (χ1v) is 7.71. The summed E-state index contributed by atoms with van der Waals surface area (Å²) < 4.78 is 7.86. The van der Waals surface area contributed by atoms with E-state index in [0.29, 0.717) is 5.88 Å². The molecule has 0 aliphatic rings. The third-order valence-electron chi connectivity index (χ3n) is 2.99. The molecule has 0 amide bonds. The highest BCUT2D eigenvalue weighted by Gasteiger charge is 2.03. The van der Waals surface area contributed by atoms with Crippen LogP contribution in [-0.4, -0.2) is 4.98 Å². The van der Waals surface area contributed by atoms with Crippen LogP contribution in [0.25, 0.3) is 10.8 Å². The predicted octanol–water partition coefficient (Wildman–Crippen LogP) is 5.86. The van der Waals surface area contributed by atoms with Gasteiger partial charge in [-0.25, -0.2) is 4.98 Å². The summed E-state index contributed by atoms with van der Waals surface area (Å²) in [5.74, 6) is 1.39. The third kappa shape index (κ3) is 2.86. The van der Waals surface area contributed by atoms with Crippen molar-refractivity contribution in [2.75, 3.05) is 0 Å². The number of halogens is 2. The maximum atomic E-state index is 5.81. The fourth-order valence-corrected chi connectivity index (χ4v) is 2.56. The summed E-state index contributed by atoms with van der Waals surface area (Å²) in [7, 11) is 0. The Morgan fingerprint density at radius 1 is 0.900 bits per heavy atom. The first kappa shape index (κ1) is 13.6. The molecule has 0 radical (unpaired) electrons. The largest absolute Gasteiger partial charge is 0.439 e. The number of fused-ring (bicyclic) bond motifs is 1. The SMILES string of the molecule is Cc1nc(Oc2ccc3cc(Br)ccc3c2)ccc1Br. The van der Waals surface area contributed by atoms with Gasteiger partial charge in [0.2, 0.25) is 5.88 Å². The lowest BCUT2D eigenvalue weighted by molar-refractivity contribution is 0.462. The lowest BCUT2D eigenvalue weighted by atomic mass is 10.1. The summed E-state index contributed by atoms with van der Waals surface area (Å²) in [4.78, 5) is 4.39. The summed E-state index contributed by atoms with van der Waals surface area (Å²) in [6, 6.07) is 16.0. The van der Waals surface area contributed by atoms with Gasteiger partial charge in [0, 0.05) is 15.0 Å². The van der Waals surface area contributed by atoms with E-state index in [1.807, 2.05) is 43.3 Å². The minimum Gasteiger partial charge on any atom is -0.439 e. The van der Waals surface area contributed by atoms with Crippen LogP contribution < -0.4 is 4.74 Å². The van der Waals surface area contributed by atoms with E-state index in [-0.39, 0.29) is 0 Å². The molecule has 2 nitrogen and oxygen atoms in total. The molecule has 0 aliphatic heterocycles. The van der Waals surface area contributed by atoms with Crippen molar-refractivity contribution in [2.24, 2.45) is 0 Å². The maximum absolute atomic E-state index is 5.81. The van der Waals surface area contributed by atoms with Gasteiger partial charge in [-0.3, -0.25) is 0 Å². The lowest BCUT2D eigenvalue weighted by Crippen LogP contribution is -1.90. The van der Waals surface area contributed by atoms with Crippen LogP contribution in [0.2, 0.25) is 0 Å². The van der Waals surface area contributed by atoms with Gasteiger partial charge in [-0.1, -0.05) is 28.1 Å². The van der Waals surface area contributed by atoms with Crippen molar-refractivity contribution >= 4 is 42.6 Å². The molecule has 0 saturated carbocycles. The zero-order chi connectivity index (χ0) is 14.1. The van der Waals surface area contributed by atoms with Gasteiger partial charge in [0.15, 0.2) is 0 Å². The van der Waals surface area contributed by atoms with Crippen LogP contribution in [0, 0.1) is 6.92 Å². The molecule has 0 atom stereocenters. The van der Waals surface area contributed by atoms with Crippen LogP contribution in [0.4, 0.5) is 0 Å². The van der Waals surface area contributed by atoms with Crippen molar-refractivity contribution in [3.63, 3.8) is 0 Å². The Morgan fingerprint density at radius 3 is 2.45 bits per heavy atom. The summed E-state index contributed by atoms with van der Waals surface area (Å²) >= 11 is 6.91. The quantitative estimate of drug-likeness (QED) is 0.544. The molecular weight excluding hydrogens is 382 g/mol. The molecule has 0 N–H and O–H groups in total. The molecule has 0 spiro atoms. The van der Waals surface area contributed by atoms with E-state index in [2.05, 4.69) is 49.0 Å². The Labute approximate surface area is 134 Å². The first-order chi connectivity index (χ1) is 9.61. The molecule has 4 heteroatoms. The van der Waals surface area contributed by atoms with Gasteiger partial charge in [0.1, 0.15) is 5.75 Å². The lowest BCUT2D eigenvalue weighted by Gasteiger charge is -2.07. The van der Waals surface area contributed by atoms with Gasteiger partial charge in [0.05, 0.1) is 5.69 Å². The molecule has 0 unspecified atom stereocenters. The number of benzene rings is 2. The van der Waals surface area contributed by atoms with Crippen molar-refractivity contribution in [1.29, 1.82) is 0 Å². The fourth-order valence-electron chi connectivity index (χ4n) is 1.96. The average molecular weight is 393 g/mol. The second kappa shape index (κ2) is 5.54. The molecule has 20 heavy (non-hydrogen) atoms. The topological polar surface area (TPSA) is 22.1 Å². The van der Waals surface area contributed by atoms with Crippen LogP contribution in [0.15, 0.2) is 57.5 Å². The van der Waals surface area contributed by atoms with E-state index in [0.717, 1.165) is 25.8 Å². The monoisotopic (exact) mass is 391 g/mol. The Hall–Kier alpha value is -1.39. The first-order valence-electron chi connectivity index (χ1n) is 6.12. The van der Waals surface area contributed by atoms with E-state index in [1.165, 1.54) is 5.39 Å². The van der Waals surface area contributed by atoms with Crippen LogP contribution >= 0.6 is 31.9 Å². The molecule has 3 aromatic rings. The standard InChI is InChI=1S/C16H11Br2NO/c1-10-15(18)6-7-16(19-10)20-14-5-3-11-8-13(17)4-2-12(11)9-14/h2-9H,1H3. The second-order valence-corrected chi connectivity index (χ2v) is 6.24. The number of aromatic nitrogens is 1. The van der Waals surface area contributed by atoms with Crippen molar-refractivity contribution in [3.8, 4) is 11.6 Å². The van der Waals surface area contributed by atoms with Gasteiger partial charge >= 0.3 is 0 Å². The minimum atomic E-state index is 0.599. The van der Waals surface area contributed by atoms with Crippen molar-refractivity contribution in [1.82, 2.24) is 4.98 Å². The molecule has 0 fully saturated rings. The summed E-state index contributed by atoms with van der Waals surface area (Å²) in [6.45, 7) is 1.94. The zero-order valence-corrected chi connectivity index (χ0v) is 13.9. The molecule has 0 bridgehead atoms. The van der Waals surface area contributed by atoms with E-state index in [1.54, 1.807) is 0 Å². The summed E-state index contributed by atoms with van der Waals surface area (Å²) in [6.07, 6.45) is 0. The van der Waals surface area contributed by atoms with E-state index < -0.39 is 0 Å². The van der Waals surface area contributed by atoms with Crippen LogP contribution in [0.1, 0.15) is 5.69 Å². The number of rotatable bonds is 2. The molecule has 3 rings (SSSR count). The zero-order valence-electron chi connectivity index (χ0n) is 10.7. The Bertz CT molecular complexity index is 787. The van der Waals surface area contributed by atoms with Crippen molar-refractivity contribution in [2.45, 2.75) is 6.92 Å². The van der Waals surface area contributed by atoms with Crippen molar-refractivity contribution in [3.05, 3.63) is 63.2 Å². The van der Waals surface area contributed by atoms with Gasteiger partial charge < -0.3 is 4.74 Å². The van der Waals surface area contributed by atoms with Crippen LogP contribution in [0.5, 0.6) is 11.6 Å². The van der Waals surface area contributed by atoms with Gasteiger partial charge in [-0.05, 0) is 64.0 Å². The molecule has 100 valence electrons. The normalized spacial score (nSPS) is 10.8. The number of pyridine rings is 1. The number of hydrogen-bond donors (Lipinski definition) is 0. The van der Waals surface area contributed by atoms with E-state index in [9.17, 15) is 0 Å². The molecule has 2 aromatic carbocycles. The molecule has 1 aromatic heterocycles. The molecule has 1 heterocycles. The Kier molecular flexibility index (Phi) is 3.76. The Morgan fingerprint density at radius 2 is 1.65 bits per heavy atom. The minimum absolute atomic E-state index is 0.599. The summed E-state index contributed by atoms with van der Waals surface area (Å²) in [5, 5.41) is 2.31. The predicted molar refractivity (Wildman–Crippen MR) is 88.4 cm³/mol. The highest BCUT2D eigenvalue weighted by atomic mass is 79.9. The number of ether oxygens (including phenoxy) is 1. The molecule has 0 saturated heterocycles. The number of aryl methyl sites for hydroxylation is 1. The smallest absolute Gasteiger partial charge is 0.219 e. The maximum Gasteiger partial charge on any atom is 0.219 e. The van der Waals surface area contributed by atoms with Crippen LogP contribution in [-0.2, 0) is 0 Å². The number of nitrogens with zero attached hydrogens (tertiary/aromatic N) is 1. The van der Waals surface area contributed by atoms with Gasteiger partial charge in [-0.15, -0.1) is 0 Å².